The van der Waals surface area contributed by atoms with E-state index in [-0.39, 0.29) is 7.80 Å². The van der Waals surface area contributed by atoms with Crippen LogP contribution in [0, 0.1) is 0 Å². The molecule has 18 heavy (non-hydrogen) atoms. The maximum atomic E-state index is 2.48. The van der Waals surface area contributed by atoms with Crippen molar-refractivity contribution in [1.82, 2.24) is 0 Å². The summed E-state index contributed by atoms with van der Waals surface area (Å²) in [5.41, 5.74) is 4.69. The van der Waals surface area contributed by atoms with Gasteiger partial charge in [0.1, 0.15) is 7.57 Å². The number of hydrogen-bond donors (Lipinski definition) is 0. The van der Waals surface area contributed by atoms with Gasteiger partial charge in [-0.05, 0) is 35.3 Å². The summed E-state index contributed by atoms with van der Waals surface area (Å²) in [6.45, 7) is 0. The highest BCUT2D eigenvalue weighted by atomic mass is 31.1. The third kappa shape index (κ3) is 2.25. The summed E-state index contributed by atoms with van der Waals surface area (Å²) in [7, 11) is 2.54. The molecule has 0 radical (unpaired) electrons. The smallest absolute Gasteiger partial charge is 0.134 e. The van der Waals surface area contributed by atoms with Crippen molar-refractivity contribution in [2.75, 3.05) is 0 Å². The number of hydrogen-bond acceptors (Lipinski definition) is 0. The summed E-state index contributed by atoms with van der Waals surface area (Å²) >= 11 is 0. The fourth-order valence-electron chi connectivity index (χ4n) is 3.09. The topological polar surface area (TPSA) is 0 Å². The predicted molar refractivity (Wildman–Crippen MR) is 83.1 cm³/mol. The van der Waals surface area contributed by atoms with Gasteiger partial charge in [0.05, 0.1) is 0 Å². The lowest BCUT2D eigenvalue weighted by atomic mass is 10.0. The number of rotatable bonds is 2. The first-order valence-electron chi connectivity index (χ1n) is 6.68. The molecule has 0 bridgehead atoms. The van der Waals surface area contributed by atoms with Crippen molar-refractivity contribution in [3.05, 3.63) is 71.8 Å². The van der Waals surface area contributed by atoms with Gasteiger partial charge in [0, 0.05) is 0 Å². The predicted octanol–water partition coefficient (Wildman–Crippen LogP) is 4.29. The second-order valence-corrected chi connectivity index (χ2v) is 7.67. The molecule has 2 unspecified atom stereocenters. The maximum Gasteiger partial charge on any atom is 0.135 e. The molecule has 0 nitrogen and oxygen atoms in total. The molecule has 1 aliphatic heterocycles. The highest BCUT2D eigenvalue weighted by molar-refractivity contribution is 7.82. The first-order valence-corrected chi connectivity index (χ1v) is 8.61. The van der Waals surface area contributed by atoms with Gasteiger partial charge in [0.2, 0.25) is 0 Å². The minimum Gasteiger partial charge on any atom is -0.134 e. The quantitative estimate of drug-likeness (QED) is 0.552. The lowest BCUT2D eigenvalue weighted by molar-refractivity contribution is 0.765. The van der Waals surface area contributed by atoms with Crippen LogP contribution in [0.25, 0.3) is 0 Å². The Morgan fingerprint density at radius 2 is 1.11 bits per heavy atom. The van der Waals surface area contributed by atoms with E-state index in [1.54, 1.807) is 11.1 Å². The maximum absolute atomic E-state index is 2.48. The minimum absolute atomic E-state index is 0.0556. The Hall–Kier alpha value is -1.07. The zero-order valence-corrected chi connectivity index (χ0v) is 11.7. The summed E-state index contributed by atoms with van der Waals surface area (Å²) in [5, 5.41) is 0. The van der Waals surface area contributed by atoms with Crippen LogP contribution in [0.15, 0.2) is 60.7 Å². The van der Waals surface area contributed by atoms with Crippen molar-refractivity contribution in [2.24, 2.45) is 0 Å². The Balaban J connectivity index is 1.83. The lowest BCUT2D eigenvalue weighted by Crippen LogP contribution is -1.93. The summed E-state index contributed by atoms with van der Waals surface area (Å²) in [6.07, 6.45) is 2.71. The standard InChI is InChI=1S/C16H18BP/c17-18-15(13-7-3-1-4-8-13)11-12-16(18)14-9-5-2-6-10-14/h1-10,15-16H,11-12,17H2/t15-,16?,18?/m1/s1. The molecule has 0 amide bonds. The summed E-state index contributed by atoms with van der Waals surface area (Å²) in [4.78, 5) is 0. The van der Waals surface area contributed by atoms with Crippen molar-refractivity contribution in [2.45, 2.75) is 24.2 Å². The molecule has 0 aliphatic carbocycles. The molecule has 3 rings (SSSR count). The Labute approximate surface area is 112 Å². The van der Waals surface area contributed by atoms with E-state index in [9.17, 15) is 0 Å². The van der Waals surface area contributed by atoms with Crippen LogP contribution in [-0.2, 0) is 0 Å². The molecule has 1 saturated heterocycles. The van der Waals surface area contributed by atoms with E-state index in [2.05, 4.69) is 68.2 Å². The molecular weight excluding hydrogens is 234 g/mol. The Morgan fingerprint density at radius 1 is 0.722 bits per heavy atom. The summed E-state index contributed by atoms with van der Waals surface area (Å²) in [6, 6.07) is 22.1. The third-order valence-electron chi connectivity index (χ3n) is 4.07. The Kier molecular flexibility index (Phi) is 3.52. The first kappa shape index (κ1) is 12.0. The van der Waals surface area contributed by atoms with Crippen molar-refractivity contribution < 1.29 is 0 Å². The van der Waals surface area contributed by atoms with Gasteiger partial charge in [-0.2, -0.15) is 0 Å². The van der Waals surface area contributed by atoms with Crippen LogP contribution in [0.3, 0.4) is 0 Å². The summed E-state index contributed by atoms with van der Waals surface area (Å²) in [5.74, 6) is 0. The average Bonchev–Trinajstić information content (AvgIpc) is 2.83. The zero-order valence-electron chi connectivity index (χ0n) is 10.8. The van der Waals surface area contributed by atoms with Crippen LogP contribution in [0.5, 0.6) is 0 Å². The second kappa shape index (κ2) is 5.28. The van der Waals surface area contributed by atoms with E-state index in [1.807, 2.05) is 0 Å². The first-order chi connectivity index (χ1) is 8.86. The van der Waals surface area contributed by atoms with Crippen LogP contribution in [-0.4, -0.2) is 7.57 Å². The Bertz CT molecular complexity index is 450. The molecule has 0 N–H and O–H groups in total. The van der Waals surface area contributed by atoms with Crippen molar-refractivity contribution in [3.63, 3.8) is 0 Å². The van der Waals surface area contributed by atoms with E-state index in [0.717, 1.165) is 11.3 Å². The zero-order chi connectivity index (χ0) is 12.4. The molecule has 2 aromatic carbocycles. The molecule has 1 fully saturated rings. The van der Waals surface area contributed by atoms with E-state index < -0.39 is 0 Å². The summed E-state index contributed by atoms with van der Waals surface area (Å²) < 4.78 is 0. The number of benzene rings is 2. The van der Waals surface area contributed by atoms with E-state index in [1.165, 1.54) is 12.8 Å². The fraction of sp³-hybridized carbons (Fsp3) is 0.250. The van der Waals surface area contributed by atoms with Gasteiger partial charge in [0.15, 0.2) is 0 Å². The molecule has 1 aliphatic rings. The van der Waals surface area contributed by atoms with Gasteiger partial charge in [-0.25, -0.2) is 0 Å². The van der Waals surface area contributed by atoms with Gasteiger partial charge in [-0.15, -0.1) is 7.80 Å². The minimum atomic E-state index is 0.0556. The lowest BCUT2D eigenvalue weighted by Gasteiger charge is -2.22. The largest absolute Gasteiger partial charge is 0.135 e. The van der Waals surface area contributed by atoms with E-state index in [4.69, 9.17) is 0 Å². The van der Waals surface area contributed by atoms with E-state index in [0.29, 0.717) is 0 Å². The SMILES string of the molecule is BP1C(c2ccccc2)CC[C@@H]1c1ccccc1. The van der Waals surface area contributed by atoms with Gasteiger partial charge in [0.25, 0.3) is 0 Å². The molecule has 90 valence electrons. The van der Waals surface area contributed by atoms with Crippen molar-refractivity contribution in [3.8, 4) is 0 Å². The van der Waals surface area contributed by atoms with Gasteiger partial charge in [-0.1, -0.05) is 60.7 Å². The monoisotopic (exact) mass is 252 g/mol. The highest BCUT2D eigenvalue weighted by Gasteiger charge is 2.33. The fourth-order valence-corrected chi connectivity index (χ4v) is 5.93. The third-order valence-corrected chi connectivity index (χ3v) is 7.14. The average molecular weight is 252 g/mol. The van der Waals surface area contributed by atoms with Crippen LogP contribution in [0.4, 0.5) is 0 Å². The van der Waals surface area contributed by atoms with Crippen LogP contribution < -0.4 is 0 Å². The van der Waals surface area contributed by atoms with E-state index >= 15 is 0 Å². The molecular formula is C16H18BP. The molecule has 0 saturated carbocycles. The van der Waals surface area contributed by atoms with Gasteiger partial charge >= 0.3 is 0 Å². The van der Waals surface area contributed by atoms with Crippen molar-refractivity contribution in [1.29, 1.82) is 0 Å². The van der Waals surface area contributed by atoms with Crippen molar-refractivity contribution >= 4 is 15.4 Å². The van der Waals surface area contributed by atoms with Crippen LogP contribution >= 0.6 is 7.80 Å². The molecule has 3 atom stereocenters. The molecule has 2 heteroatoms. The normalized spacial score (nSPS) is 27.2. The Morgan fingerprint density at radius 3 is 1.50 bits per heavy atom. The van der Waals surface area contributed by atoms with Crippen LogP contribution in [0.2, 0.25) is 0 Å². The molecule has 1 heterocycles. The van der Waals surface area contributed by atoms with Gasteiger partial charge < -0.3 is 0 Å². The molecule has 2 aromatic rings. The highest BCUT2D eigenvalue weighted by Crippen LogP contribution is 2.67. The van der Waals surface area contributed by atoms with Crippen LogP contribution in [0.1, 0.15) is 35.3 Å². The molecule has 0 aromatic heterocycles. The van der Waals surface area contributed by atoms with Gasteiger partial charge in [-0.3, -0.25) is 0 Å². The molecule has 0 spiro atoms. The second-order valence-electron chi connectivity index (χ2n) is 5.10.